The molecule has 1 rings (SSSR count). The summed E-state index contributed by atoms with van der Waals surface area (Å²) in [5, 5.41) is 8.98. The summed E-state index contributed by atoms with van der Waals surface area (Å²) in [7, 11) is 1.29. The van der Waals surface area contributed by atoms with Crippen LogP contribution in [0.2, 0.25) is 0 Å². The zero-order valence-electron chi connectivity index (χ0n) is 9.53. The predicted molar refractivity (Wildman–Crippen MR) is 56.9 cm³/mol. The number of hydrogen-bond acceptors (Lipinski definition) is 4. The van der Waals surface area contributed by atoms with Crippen molar-refractivity contribution >= 4 is 11.9 Å². The second-order valence-corrected chi connectivity index (χ2v) is 3.37. The maximum Gasteiger partial charge on any atom is 0.328 e. The van der Waals surface area contributed by atoms with Gasteiger partial charge in [0.1, 0.15) is 6.04 Å². The van der Waals surface area contributed by atoms with Gasteiger partial charge in [-0.05, 0) is 13.3 Å². The highest BCUT2D eigenvalue weighted by molar-refractivity contribution is 5.97. The maximum atomic E-state index is 11.7. The van der Waals surface area contributed by atoms with Gasteiger partial charge in [0.2, 0.25) is 0 Å². The Morgan fingerprint density at radius 1 is 1.62 bits per heavy atom. The first-order valence-corrected chi connectivity index (χ1v) is 4.98. The standard InChI is InChI=1S/C10H15N3O3/c1-4-8(10(15)16-3)12-9(14)7-5-11-13-6(7)2/h5,8H,4H2,1-3H3,(H,11,13)(H,12,14). The van der Waals surface area contributed by atoms with Gasteiger partial charge in [0.05, 0.1) is 18.9 Å². The van der Waals surface area contributed by atoms with Gasteiger partial charge in [-0.3, -0.25) is 9.89 Å². The van der Waals surface area contributed by atoms with Crippen LogP contribution < -0.4 is 5.32 Å². The van der Waals surface area contributed by atoms with Crippen molar-refractivity contribution < 1.29 is 14.3 Å². The molecule has 0 aromatic carbocycles. The zero-order chi connectivity index (χ0) is 12.1. The summed E-state index contributed by atoms with van der Waals surface area (Å²) in [6.45, 7) is 3.53. The van der Waals surface area contributed by atoms with Crippen LogP contribution in [-0.2, 0) is 9.53 Å². The molecule has 0 spiro atoms. The van der Waals surface area contributed by atoms with Gasteiger partial charge in [0, 0.05) is 5.69 Å². The molecule has 0 radical (unpaired) electrons. The van der Waals surface area contributed by atoms with Crippen LogP contribution in [0.3, 0.4) is 0 Å². The minimum Gasteiger partial charge on any atom is -0.467 e. The quantitative estimate of drug-likeness (QED) is 0.726. The summed E-state index contributed by atoms with van der Waals surface area (Å²) < 4.78 is 4.57. The fourth-order valence-corrected chi connectivity index (χ4v) is 1.29. The first kappa shape index (κ1) is 12.2. The number of H-pyrrole nitrogens is 1. The first-order chi connectivity index (χ1) is 7.60. The Bertz CT molecular complexity index is 386. The zero-order valence-corrected chi connectivity index (χ0v) is 9.53. The lowest BCUT2D eigenvalue weighted by Gasteiger charge is -2.13. The van der Waals surface area contributed by atoms with E-state index in [2.05, 4.69) is 20.3 Å². The Hall–Kier alpha value is -1.85. The van der Waals surface area contributed by atoms with Crippen LogP contribution in [0, 0.1) is 6.92 Å². The Kier molecular flexibility index (Phi) is 4.04. The lowest BCUT2D eigenvalue weighted by Crippen LogP contribution is -2.41. The normalized spacial score (nSPS) is 11.9. The Morgan fingerprint density at radius 3 is 2.75 bits per heavy atom. The Balaban J connectivity index is 2.70. The predicted octanol–water partition coefficient (Wildman–Crippen LogP) is 0.400. The van der Waals surface area contributed by atoms with Crippen LogP contribution in [0.4, 0.5) is 0 Å². The molecule has 88 valence electrons. The Morgan fingerprint density at radius 2 is 2.31 bits per heavy atom. The summed E-state index contributed by atoms with van der Waals surface area (Å²) in [5.74, 6) is -0.777. The van der Waals surface area contributed by atoms with Gasteiger partial charge in [-0.25, -0.2) is 4.79 Å². The van der Waals surface area contributed by atoms with Crippen molar-refractivity contribution in [3.05, 3.63) is 17.5 Å². The smallest absolute Gasteiger partial charge is 0.328 e. The van der Waals surface area contributed by atoms with Crippen LogP contribution in [0.1, 0.15) is 29.4 Å². The molecule has 1 aromatic rings. The highest BCUT2D eigenvalue weighted by Crippen LogP contribution is 2.04. The van der Waals surface area contributed by atoms with Gasteiger partial charge in [0.25, 0.3) is 5.91 Å². The van der Waals surface area contributed by atoms with E-state index in [1.807, 2.05) is 0 Å². The SMILES string of the molecule is CCC(NC(=O)c1cn[nH]c1C)C(=O)OC. The van der Waals surface area contributed by atoms with Crippen LogP contribution in [0.5, 0.6) is 0 Å². The molecule has 6 nitrogen and oxygen atoms in total. The number of aromatic nitrogens is 2. The van der Waals surface area contributed by atoms with Gasteiger partial charge in [-0.2, -0.15) is 5.10 Å². The molecule has 16 heavy (non-hydrogen) atoms. The number of hydrogen-bond donors (Lipinski definition) is 2. The molecule has 1 unspecified atom stereocenters. The minimum absolute atomic E-state index is 0.330. The van der Waals surface area contributed by atoms with Crippen molar-refractivity contribution in [3.63, 3.8) is 0 Å². The van der Waals surface area contributed by atoms with Crippen molar-refractivity contribution in [2.45, 2.75) is 26.3 Å². The summed E-state index contributed by atoms with van der Waals surface area (Å²) in [5.41, 5.74) is 1.10. The second-order valence-electron chi connectivity index (χ2n) is 3.37. The number of nitrogens with zero attached hydrogens (tertiary/aromatic N) is 1. The first-order valence-electron chi connectivity index (χ1n) is 4.98. The van der Waals surface area contributed by atoms with Crippen molar-refractivity contribution in [1.82, 2.24) is 15.5 Å². The average Bonchev–Trinajstić information content (AvgIpc) is 2.71. The molecule has 0 aliphatic heterocycles. The molecule has 2 N–H and O–H groups in total. The molecule has 1 atom stereocenters. The molecular formula is C10H15N3O3. The summed E-state index contributed by atoms with van der Waals surface area (Å²) in [4.78, 5) is 23.0. The number of methoxy groups -OCH3 is 1. The van der Waals surface area contributed by atoms with Crippen molar-refractivity contribution in [3.8, 4) is 0 Å². The van der Waals surface area contributed by atoms with Crippen LogP contribution >= 0.6 is 0 Å². The number of ether oxygens (including phenoxy) is 1. The van der Waals surface area contributed by atoms with E-state index in [0.717, 1.165) is 0 Å². The molecule has 0 saturated carbocycles. The molecule has 1 aromatic heterocycles. The number of rotatable bonds is 4. The molecule has 0 aliphatic rings. The van der Waals surface area contributed by atoms with E-state index >= 15 is 0 Å². The van der Waals surface area contributed by atoms with Crippen molar-refractivity contribution in [2.24, 2.45) is 0 Å². The number of esters is 1. The third kappa shape index (κ3) is 2.59. The molecular weight excluding hydrogens is 210 g/mol. The number of aryl methyl sites for hydroxylation is 1. The second kappa shape index (κ2) is 5.29. The van der Waals surface area contributed by atoms with Gasteiger partial charge in [0.15, 0.2) is 0 Å². The third-order valence-corrected chi connectivity index (χ3v) is 2.27. The fourth-order valence-electron chi connectivity index (χ4n) is 1.29. The molecule has 0 fully saturated rings. The van der Waals surface area contributed by atoms with Gasteiger partial charge < -0.3 is 10.1 Å². The topological polar surface area (TPSA) is 84.1 Å². The Labute approximate surface area is 93.4 Å². The van der Waals surface area contributed by atoms with Crippen LogP contribution in [-0.4, -0.2) is 35.2 Å². The van der Waals surface area contributed by atoms with E-state index in [1.165, 1.54) is 13.3 Å². The van der Waals surface area contributed by atoms with Gasteiger partial charge in [-0.15, -0.1) is 0 Å². The van der Waals surface area contributed by atoms with Crippen LogP contribution in [0.25, 0.3) is 0 Å². The summed E-state index contributed by atoms with van der Waals surface area (Å²) >= 11 is 0. The number of nitrogens with one attached hydrogen (secondary N) is 2. The lowest BCUT2D eigenvalue weighted by molar-refractivity contribution is -0.142. The molecule has 1 amide bonds. The van der Waals surface area contributed by atoms with E-state index in [4.69, 9.17) is 0 Å². The van der Waals surface area contributed by atoms with Gasteiger partial charge in [-0.1, -0.05) is 6.92 Å². The molecule has 1 heterocycles. The maximum absolute atomic E-state index is 11.7. The van der Waals surface area contributed by atoms with E-state index < -0.39 is 12.0 Å². The number of amides is 1. The average molecular weight is 225 g/mol. The lowest BCUT2D eigenvalue weighted by atomic mass is 10.2. The van der Waals surface area contributed by atoms with Crippen molar-refractivity contribution in [2.75, 3.05) is 7.11 Å². The summed E-state index contributed by atoms with van der Waals surface area (Å²) in [6, 6.07) is -0.619. The van der Waals surface area contributed by atoms with Crippen molar-refractivity contribution in [1.29, 1.82) is 0 Å². The van der Waals surface area contributed by atoms with E-state index in [9.17, 15) is 9.59 Å². The molecule has 0 saturated heterocycles. The minimum atomic E-state index is -0.619. The van der Waals surface area contributed by atoms with Crippen LogP contribution in [0.15, 0.2) is 6.20 Å². The number of aromatic amines is 1. The van der Waals surface area contributed by atoms with E-state index in [1.54, 1.807) is 13.8 Å². The monoisotopic (exact) mass is 225 g/mol. The largest absolute Gasteiger partial charge is 0.467 e. The molecule has 6 heteroatoms. The number of carbonyl (C=O) groups is 2. The highest BCUT2D eigenvalue weighted by atomic mass is 16.5. The number of carbonyl (C=O) groups excluding carboxylic acids is 2. The van der Waals surface area contributed by atoms with E-state index in [-0.39, 0.29) is 5.91 Å². The highest BCUT2D eigenvalue weighted by Gasteiger charge is 2.21. The molecule has 0 aliphatic carbocycles. The third-order valence-electron chi connectivity index (χ3n) is 2.27. The van der Waals surface area contributed by atoms with Gasteiger partial charge >= 0.3 is 5.97 Å². The summed E-state index contributed by atoms with van der Waals surface area (Å²) in [6.07, 6.45) is 1.91. The fraction of sp³-hybridized carbons (Fsp3) is 0.500. The molecule has 0 bridgehead atoms. The van der Waals surface area contributed by atoms with E-state index in [0.29, 0.717) is 17.7 Å².